The molecule has 1 aliphatic carbocycles. The predicted molar refractivity (Wildman–Crippen MR) is 117 cm³/mol. The molecule has 0 spiro atoms. The number of carbonyl (C=O) groups excluding carboxylic acids is 1. The van der Waals surface area contributed by atoms with Crippen LogP contribution >= 0.6 is 11.8 Å². The van der Waals surface area contributed by atoms with Crippen LogP contribution in [0.4, 0.5) is 0 Å². The van der Waals surface area contributed by atoms with Crippen molar-refractivity contribution >= 4 is 33.6 Å². The molecule has 1 aromatic heterocycles. The fraction of sp³-hybridized carbons (Fsp3) is 0.238. The van der Waals surface area contributed by atoms with Gasteiger partial charge in [-0.15, -0.1) is 0 Å². The molecule has 0 saturated carbocycles. The average Bonchev–Trinajstić information content (AvgIpc) is 2.94. The SMILES string of the molecule is C=C(SC(=N)CCC(=O)NC1=C(C(=O)O)C=CC=CC1)c1ccc(O)cn1.CC. The molecular weight excluding hydrogens is 390 g/mol. The lowest BCUT2D eigenvalue weighted by Crippen LogP contribution is -2.25. The highest BCUT2D eigenvalue weighted by Gasteiger charge is 2.15. The van der Waals surface area contributed by atoms with Crippen LogP contribution < -0.4 is 5.32 Å². The van der Waals surface area contributed by atoms with E-state index in [0.29, 0.717) is 22.7 Å². The molecule has 1 heterocycles. The number of nitrogens with zero attached hydrogens (tertiary/aromatic N) is 1. The van der Waals surface area contributed by atoms with Crippen molar-refractivity contribution in [2.75, 3.05) is 0 Å². The molecule has 0 aliphatic heterocycles. The molecule has 1 aliphatic rings. The summed E-state index contributed by atoms with van der Waals surface area (Å²) in [7, 11) is 0. The van der Waals surface area contributed by atoms with Crippen molar-refractivity contribution in [3.63, 3.8) is 0 Å². The maximum atomic E-state index is 12.1. The second-order valence-corrected chi connectivity index (χ2v) is 6.78. The Labute approximate surface area is 174 Å². The number of amides is 1. The molecule has 0 fully saturated rings. The van der Waals surface area contributed by atoms with Gasteiger partial charge >= 0.3 is 5.97 Å². The molecule has 154 valence electrons. The molecule has 0 unspecified atom stereocenters. The minimum Gasteiger partial charge on any atom is -0.506 e. The lowest BCUT2D eigenvalue weighted by molar-refractivity contribution is -0.132. The number of rotatable bonds is 7. The van der Waals surface area contributed by atoms with Crippen LogP contribution in [0.1, 0.15) is 38.8 Å². The highest BCUT2D eigenvalue weighted by Crippen LogP contribution is 2.27. The largest absolute Gasteiger partial charge is 0.506 e. The molecule has 0 aromatic carbocycles. The van der Waals surface area contributed by atoms with Crippen molar-refractivity contribution in [3.05, 3.63) is 66.2 Å². The van der Waals surface area contributed by atoms with Crippen molar-refractivity contribution in [2.45, 2.75) is 33.1 Å². The summed E-state index contributed by atoms with van der Waals surface area (Å²) < 4.78 is 0. The summed E-state index contributed by atoms with van der Waals surface area (Å²) in [4.78, 5) is 28.0. The maximum absolute atomic E-state index is 12.1. The Morgan fingerprint density at radius 2 is 2.00 bits per heavy atom. The standard InChI is InChI=1S/C19H19N3O4S.C2H6/c1-12(15-8-7-13(23)11-21-15)27-17(20)9-10-18(24)22-16-6-4-2-3-5-14(16)19(25)26;1-2/h2-5,7-8,11,20,23H,1,6,9-10H2,(H,22,24)(H,25,26);1-2H3. The Balaban J connectivity index is 0.00000204. The van der Waals surface area contributed by atoms with Crippen LogP contribution in [0.3, 0.4) is 0 Å². The van der Waals surface area contributed by atoms with Gasteiger partial charge in [-0.1, -0.05) is 50.4 Å². The quantitative estimate of drug-likeness (QED) is 0.390. The Bertz CT molecular complexity index is 855. The fourth-order valence-corrected chi connectivity index (χ4v) is 2.93. The van der Waals surface area contributed by atoms with Gasteiger partial charge in [0, 0.05) is 29.9 Å². The van der Waals surface area contributed by atoms with Gasteiger partial charge in [0.15, 0.2) is 0 Å². The number of carbonyl (C=O) groups is 2. The number of carboxylic acid groups (broad SMARTS) is 1. The van der Waals surface area contributed by atoms with Gasteiger partial charge in [-0.2, -0.15) is 0 Å². The van der Waals surface area contributed by atoms with Crippen LogP contribution in [0.25, 0.3) is 4.91 Å². The third-order valence-electron chi connectivity index (χ3n) is 3.54. The molecule has 7 nitrogen and oxygen atoms in total. The van der Waals surface area contributed by atoms with Crippen LogP contribution in [0, 0.1) is 5.41 Å². The number of hydrogen-bond acceptors (Lipinski definition) is 6. The van der Waals surface area contributed by atoms with Crippen molar-refractivity contribution in [2.24, 2.45) is 0 Å². The molecule has 0 saturated heterocycles. The van der Waals surface area contributed by atoms with Crippen molar-refractivity contribution in [1.29, 1.82) is 5.41 Å². The molecule has 1 amide bonds. The number of pyridine rings is 1. The van der Waals surface area contributed by atoms with Gasteiger partial charge in [-0.3, -0.25) is 15.2 Å². The van der Waals surface area contributed by atoms with Gasteiger partial charge in [0.1, 0.15) is 5.75 Å². The zero-order valence-electron chi connectivity index (χ0n) is 16.4. The van der Waals surface area contributed by atoms with Gasteiger partial charge < -0.3 is 15.5 Å². The lowest BCUT2D eigenvalue weighted by Gasteiger charge is -2.11. The Morgan fingerprint density at radius 1 is 1.28 bits per heavy atom. The van der Waals surface area contributed by atoms with Crippen LogP contribution in [0.2, 0.25) is 0 Å². The first-order valence-corrected chi connectivity index (χ1v) is 9.87. The molecule has 0 radical (unpaired) electrons. The summed E-state index contributed by atoms with van der Waals surface area (Å²) >= 11 is 1.09. The number of aromatic hydroxyl groups is 1. The Morgan fingerprint density at radius 3 is 2.62 bits per heavy atom. The first-order valence-electron chi connectivity index (χ1n) is 9.06. The Hall–Kier alpha value is -3.13. The summed E-state index contributed by atoms with van der Waals surface area (Å²) in [5.74, 6) is -1.42. The van der Waals surface area contributed by atoms with Crippen molar-refractivity contribution < 1.29 is 19.8 Å². The van der Waals surface area contributed by atoms with E-state index in [1.165, 1.54) is 18.3 Å². The van der Waals surface area contributed by atoms with E-state index in [4.69, 9.17) is 5.41 Å². The summed E-state index contributed by atoms with van der Waals surface area (Å²) in [6.07, 6.45) is 8.37. The highest BCUT2D eigenvalue weighted by atomic mass is 32.2. The molecule has 29 heavy (non-hydrogen) atoms. The number of nitrogens with one attached hydrogen (secondary N) is 2. The first-order chi connectivity index (χ1) is 13.9. The molecular formula is C21H25N3O4S. The van der Waals surface area contributed by atoms with Crippen LogP contribution in [0.15, 0.2) is 60.5 Å². The molecule has 2 rings (SSSR count). The molecule has 1 aromatic rings. The van der Waals surface area contributed by atoms with E-state index in [-0.39, 0.29) is 35.1 Å². The van der Waals surface area contributed by atoms with Crippen LogP contribution in [-0.4, -0.2) is 32.1 Å². The number of allylic oxidation sites excluding steroid dienone is 3. The monoisotopic (exact) mass is 415 g/mol. The maximum Gasteiger partial charge on any atom is 0.337 e. The van der Waals surface area contributed by atoms with E-state index in [1.54, 1.807) is 24.3 Å². The van der Waals surface area contributed by atoms with Gasteiger partial charge in [0.2, 0.25) is 5.91 Å². The van der Waals surface area contributed by atoms with E-state index in [0.717, 1.165) is 11.8 Å². The fourth-order valence-electron chi connectivity index (χ4n) is 2.21. The number of aliphatic carboxylic acids is 1. The normalized spacial score (nSPS) is 12.5. The number of carboxylic acids is 1. The van der Waals surface area contributed by atoms with Crippen molar-refractivity contribution in [1.82, 2.24) is 10.3 Å². The number of thioether (sulfide) groups is 1. The van der Waals surface area contributed by atoms with E-state index in [2.05, 4.69) is 16.9 Å². The first kappa shape index (κ1) is 23.9. The molecule has 8 heteroatoms. The Kier molecular flexibility index (Phi) is 10.2. The van der Waals surface area contributed by atoms with E-state index < -0.39 is 5.97 Å². The minimum absolute atomic E-state index is 0.0431. The van der Waals surface area contributed by atoms with Crippen molar-refractivity contribution in [3.8, 4) is 5.75 Å². The third kappa shape index (κ3) is 8.18. The zero-order valence-corrected chi connectivity index (χ0v) is 17.3. The van der Waals surface area contributed by atoms with E-state index in [1.807, 2.05) is 13.8 Å². The lowest BCUT2D eigenvalue weighted by atomic mass is 10.1. The molecule has 4 N–H and O–H groups in total. The third-order valence-corrected chi connectivity index (χ3v) is 4.44. The van der Waals surface area contributed by atoms with Crippen LogP contribution in [0.5, 0.6) is 5.75 Å². The number of hydrogen-bond donors (Lipinski definition) is 4. The van der Waals surface area contributed by atoms with Gasteiger partial charge in [-0.25, -0.2) is 4.79 Å². The van der Waals surface area contributed by atoms with Gasteiger partial charge in [-0.05, 0) is 18.2 Å². The zero-order chi connectivity index (χ0) is 21.8. The van der Waals surface area contributed by atoms with Gasteiger partial charge in [0.25, 0.3) is 0 Å². The highest BCUT2D eigenvalue weighted by molar-refractivity contribution is 8.21. The van der Waals surface area contributed by atoms with E-state index in [9.17, 15) is 19.8 Å². The summed E-state index contributed by atoms with van der Waals surface area (Å²) in [5, 5.41) is 29.3. The second-order valence-electron chi connectivity index (χ2n) is 5.59. The average molecular weight is 416 g/mol. The van der Waals surface area contributed by atoms with Crippen LogP contribution in [-0.2, 0) is 9.59 Å². The second kappa shape index (κ2) is 12.4. The van der Waals surface area contributed by atoms with Gasteiger partial charge in [0.05, 0.1) is 22.5 Å². The topological polar surface area (TPSA) is 123 Å². The summed E-state index contributed by atoms with van der Waals surface area (Å²) in [5.41, 5.74) is 0.916. The smallest absolute Gasteiger partial charge is 0.337 e. The molecule has 0 bridgehead atoms. The summed E-state index contributed by atoms with van der Waals surface area (Å²) in [6.45, 7) is 7.84. The molecule has 0 atom stereocenters. The summed E-state index contributed by atoms with van der Waals surface area (Å²) in [6, 6.07) is 3.08. The minimum atomic E-state index is -1.11. The predicted octanol–water partition coefficient (Wildman–Crippen LogP) is 4.25. The number of aromatic nitrogens is 1. The van der Waals surface area contributed by atoms with E-state index >= 15 is 0 Å².